The number of rotatable bonds is 7. The Morgan fingerprint density at radius 3 is 2.55 bits per heavy atom. The minimum absolute atomic E-state index is 0.135. The van der Waals surface area contributed by atoms with Crippen LogP contribution in [-0.2, 0) is 19.1 Å². The number of benzene rings is 1. The largest absolute Gasteiger partial charge is 0.465 e. The van der Waals surface area contributed by atoms with Gasteiger partial charge in [0, 0.05) is 26.3 Å². The van der Waals surface area contributed by atoms with Gasteiger partial charge in [-0.25, -0.2) is 4.79 Å². The second kappa shape index (κ2) is 8.78. The molecule has 0 saturated heterocycles. The van der Waals surface area contributed by atoms with Gasteiger partial charge in [-0.3, -0.25) is 9.59 Å². The van der Waals surface area contributed by atoms with Crippen molar-refractivity contribution in [2.75, 3.05) is 38.8 Å². The second-order valence-corrected chi connectivity index (χ2v) is 4.49. The van der Waals surface area contributed by atoms with Gasteiger partial charge in [0.25, 0.3) is 0 Å². The van der Waals surface area contributed by atoms with Gasteiger partial charge in [0.15, 0.2) is 0 Å². The fourth-order valence-corrected chi connectivity index (χ4v) is 1.80. The van der Waals surface area contributed by atoms with Crippen LogP contribution in [0, 0.1) is 0 Å². The molecule has 0 saturated carbocycles. The van der Waals surface area contributed by atoms with Crippen LogP contribution in [-0.4, -0.2) is 51.7 Å². The number of hydrogen-bond donors (Lipinski definition) is 1. The minimum atomic E-state index is -0.505. The van der Waals surface area contributed by atoms with Crippen molar-refractivity contribution in [3.8, 4) is 0 Å². The summed E-state index contributed by atoms with van der Waals surface area (Å²) < 4.78 is 9.48. The van der Waals surface area contributed by atoms with Crippen molar-refractivity contribution >= 4 is 23.5 Å². The third-order valence-corrected chi connectivity index (χ3v) is 2.89. The van der Waals surface area contributed by atoms with Crippen molar-refractivity contribution in [1.82, 2.24) is 5.32 Å². The molecule has 7 nitrogen and oxygen atoms in total. The van der Waals surface area contributed by atoms with Crippen molar-refractivity contribution in [3.05, 3.63) is 29.8 Å². The van der Waals surface area contributed by atoms with E-state index < -0.39 is 5.97 Å². The maximum absolute atomic E-state index is 11.8. The van der Waals surface area contributed by atoms with Crippen LogP contribution in [0.5, 0.6) is 0 Å². The zero-order valence-corrected chi connectivity index (χ0v) is 12.9. The lowest BCUT2D eigenvalue weighted by Gasteiger charge is -2.21. The zero-order chi connectivity index (χ0) is 16.5. The van der Waals surface area contributed by atoms with Crippen LogP contribution in [0.1, 0.15) is 17.3 Å². The molecule has 0 fully saturated rings. The van der Waals surface area contributed by atoms with Crippen LogP contribution >= 0.6 is 0 Å². The normalized spacial score (nSPS) is 9.95. The third-order valence-electron chi connectivity index (χ3n) is 2.89. The molecular weight excluding hydrogens is 288 g/mol. The Labute approximate surface area is 129 Å². The highest BCUT2D eigenvalue weighted by Gasteiger charge is 2.17. The first-order chi connectivity index (χ1) is 10.5. The lowest BCUT2D eigenvalue weighted by molar-refractivity contribution is -0.123. The van der Waals surface area contributed by atoms with Crippen LogP contribution in [0.3, 0.4) is 0 Å². The number of carbonyl (C=O) groups excluding carboxylic acids is 3. The first-order valence-electron chi connectivity index (χ1n) is 6.71. The number of hydrogen-bond acceptors (Lipinski definition) is 5. The predicted molar refractivity (Wildman–Crippen MR) is 80.7 cm³/mol. The second-order valence-electron chi connectivity index (χ2n) is 4.49. The van der Waals surface area contributed by atoms with Crippen molar-refractivity contribution in [1.29, 1.82) is 0 Å². The van der Waals surface area contributed by atoms with Crippen LogP contribution in [0.15, 0.2) is 24.3 Å². The molecule has 0 atom stereocenters. The molecule has 2 amide bonds. The Balaban J connectivity index is 2.85. The van der Waals surface area contributed by atoms with Crippen LogP contribution in [0.4, 0.5) is 5.69 Å². The van der Waals surface area contributed by atoms with E-state index in [0.717, 1.165) is 0 Å². The Kier molecular flexibility index (Phi) is 7.04. The van der Waals surface area contributed by atoms with Crippen LogP contribution in [0.2, 0.25) is 0 Å². The van der Waals surface area contributed by atoms with Crippen LogP contribution < -0.4 is 10.2 Å². The average Bonchev–Trinajstić information content (AvgIpc) is 2.52. The van der Waals surface area contributed by atoms with E-state index in [1.54, 1.807) is 18.2 Å². The Hall–Kier alpha value is -2.41. The summed E-state index contributed by atoms with van der Waals surface area (Å²) in [6.07, 6.45) is 0. The predicted octanol–water partition coefficient (Wildman–Crippen LogP) is 0.589. The number of anilines is 1. The molecule has 0 aliphatic heterocycles. The third kappa shape index (κ3) is 5.17. The lowest BCUT2D eigenvalue weighted by atomic mass is 10.2. The highest BCUT2D eigenvalue weighted by atomic mass is 16.5. The summed E-state index contributed by atoms with van der Waals surface area (Å²) in [6, 6.07) is 6.36. The SMILES string of the molecule is COCCNC(=O)CN(C(C)=O)c1cccc(C(=O)OC)c1. The number of nitrogens with one attached hydrogen (secondary N) is 1. The zero-order valence-electron chi connectivity index (χ0n) is 12.9. The maximum atomic E-state index is 11.8. The highest BCUT2D eigenvalue weighted by molar-refractivity contribution is 5.99. The van der Waals surface area contributed by atoms with Gasteiger partial charge in [0.05, 0.1) is 19.3 Å². The first-order valence-corrected chi connectivity index (χ1v) is 6.71. The number of esters is 1. The number of carbonyl (C=O) groups is 3. The van der Waals surface area contributed by atoms with E-state index in [1.807, 2.05) is 0 Å². The van der Waals surface area contributed by atoms with Crippen molar-refractivity contribution in [2.24, 2.45) is 0 Å². The molecule has 7 heteroatoms. The summed E-state index contributed by atoms with van der Waals surface area (Å²) in [5, 5.41) is 2.64. The molecule has 22 heavy (non-hydrogen) atoms. The highest BCUT2D eigenvalue weighted by Crippen LogP contribution is 2.17. The van der Waals surface area contributed by atoms with E-state index in [9.17, 15) is 14.4 Å². The summed E-state index contributed by atoms with van der Waals surface area (Å²) in [4.78, 5) is 36.4. The summed E-state index contributed by atoms with van der Waals surface area (Å²) >= 11 is 0. The molecule has 1 rings (SSSR count). The van der Waals surface area contributed by atoms with E-state index >= 15 is 0 Å². The number of amides is 2. The molecule has 120 valence electrons. The molecule has 0 aliphatic rings. The Morgan fingerprint density at radius 1 is 1.23 bits per heavy atom. The van der Waals surface area contributed by atoms with Gasteiger partial charge in [-0.15, -0.1) is 0 Å². The summed E-state index contributed by atoms with van der Waals surface area (Å²) in [5.41, 5.74) is 0.767. The molecule has 0 radical (unpaired) electrons. The summed E-state index contributed by atoms with van der Waals surface area (Å²) in [7, 11) is 2.81. The van der Waals surface area contributed by atoms with E-state index in [1.165, 1.54) is 32.1 Å². The van der Waals surface area contributed by atoms with E-state index in [4.69, 9.17) is 4.74 Å². The number of ether oxygens (including phenoxy) is 2. The lowest BCUT2D eigenvalue weighted by Crippen LogP contribution is -2.40. The maximum Gasteiger partial charge on any atom is 0.337 e. The van der Waals surface area contributed by atoms with Crippen LogP contribution in [0.25, 0.3) is 0 Å². The topological polar surface area (TPSA) is 84.9 Å². The summed E-state index contributed by atoms with van der Waals surface area (Å²) in [6.45, 7) is 1.98. The molecule has 1 N–H and O–H groups in total. The molecule has 0 spiro atoms. The monoisotopic (exact) mass is 308 g/mol. The quantitative estimate of drug-likeness (QED) is 0.588. The standard InChI is InChI=1S/C15H20N2O5/c1-11(18)17(10-14(19)16-7-8-21-2)13-6-4-5-12(9-13)15(20)22-3/h4-6,9H,7-8,10H2,1-3H3,(H,16,19). The molecule has 0 heterocycles. The minimum Gasteiger partial charge on any atom is -0.465 e. The Bertz CT molecular complexity index is 544. The summed E-state index contributed by atoms with van der Waals surface area (Å²) in [5.74, 6) is -1.12. The molecule has 0 aliphatic carbocycles. The van der Waals surface area contributed by atoms with E-state index in [-0.39, 0.29) is 18.4 Å². The van der Waals surface area contributed by atoms with Crippen molar-refractivity contribution < 1.29 is 23.9 Å². The fourth-order valence-electron chi connectivity index (χ4n) is 1.80. The number of methoxy groups -OCH3 is 2. The molecule has 1 aromatic rings. The van der Waals surface area contributed by atoms with Gasteiger partial charge in [0.1, 0.15) is 6.54 Å². The van der Waals surface area contributed by atoms with Gasteiger partial charge < -0.3 is 19.7 Å². The van der Waals surface area contributed by atoms with E-state index in [0.29, 0.717) is 24.4 Å². The molecular formula is C15H20N2O5. The average molecular weight is 308 g/mol. The van der Waals surface area contributed by atoms with Crippen molar-refractivity contribution in [3.63, 3.8) is 0 Å². The first kappa shape index (κ1) is 17.6. The molecule has 0 unspecified atom stereocenters. The molecule has 0 bridgehead atoms. The van der Waals surface area contributed by atoms with Gasteiger partial charge in [0.2, 0.25) is 11.8 Å². The van der Waals surface area contributed by atoms with Gasteiger partial charge >= 0.3 is 5.97 Å². The Morgan fingerprint density at radius 2 is 1.95 bits per heavy atom. The van der Waals surface area contributed by atoms with Crippen molar-refractivity contribution in [2.45, 2.75) is 6.92 Å². The smallest absolute Gasteiger partial charge is 0.337 e. The van der Waals surface area contributed by atoms with E-state index in [2.05, 4.69) is 10.1 Å². The van der Waals surface area contributed by atoms with Gasteiger partial charge in [-0.2, -0.15) is 0 Å². The molecule has 1 aromatic carbocycles. The van der Waals surface area contributed by atoms with Gasteiger partial charge in [-0.05, 0) is 18.2 Å². The van der Waals surface area contributed by atoms with Gasteiger partial charge in [-0.1, -0.05) is 6.07 Å². The number of nitrogens with zero attached hydrogens (tertiary/aromatic N) is 1. The fraction of sp³-hybridized carbons (Fsp3) is 0.400. The molecule has 0 aromatic heterocycles.